The minimum Gasteiger partial charge on any atom is -0.493 e. The summed E-state index contributed by atoms with van der Waals surface area (Å²) < 4.78 is 31.5. The minimum atomic E-state index is -0.473. The SMILES string of the molecule is COc1ccc(/C=C/C(=O)OCc2ccc(COC(=O)/C=C/c3ccc(OC)c(OC)c3)cc2)cc1OC. The molecule has 3 aromatic carbocycles. The summed E-state index contributed by atoms with van der Waals surface area (Å²) in [6, 6.07) is 17.9. The van der Waals surface area contributed by atoms with Crippen LogP contribution in [-0.4, -0.2) is 40.4 Å². The standard InChI is InChI=1S/C30H30O8/c1-33-25-13-9-21(17-27(25)35-3)11-15-29(31)37-19-23-5-7-24(8-6-23)20-38-30(32)16-12-22-10-14-26(34-2)28(18-22)36-4/h5-18H,19-20H2,1-4H3/b15-11+,16-12+. The first-order chi connectivity index (χ1) is 18.4. The molecule has 38 heavy (non-hydrogen) atoms. The average molecular weight is 519 g/mol. The molecule has 0 N–H and O–H groups in total. The van der Waals surface area contributed by atoms with E-state index in [0.717, 1.165) is 22.3 Å². The van der Waals surface area contributed by atoms with Crippen molar-refractivity contribution in [3.8, 4) is 23.0 Å². The van der Waals surface area contributed by atoms with Gasteiger partial charge in [0.2, 0.25) is 0 Å². The van der Waals surface area contributed by atoms with Crippen molar-refractivity contribution in [2.75, 3.05) is 28.4 Å². The summed E-state index contributed by atoms with van der Waals surface area (Å²) in [5, 5.41) is 0. The first kappa shape index (κ1) is 27.9. The van der Waals surface area contributed by atoms with E-state index in [2.05, 4.69) is 0 Å². The Morgan fingerprint density at radius 3 is 1.26 bits per heavy atom. The van der Waals surface area contributed by atoms with Crippen LogP contribution in [-0.2, 0) is 32.3 Å². The Morgan fingerprint density at radius 2 is 0.921 bits per heavy atom. The van der Waals surface area contributed by atoms with Crippen molar-refractivity contribution in [2.45, 2.75) is 13.2 Å². The van der Waals surface area contributed by atoms with Crippen molar-refractivity contribution in [3.05, 3.63) is 95.1 Å². The molecule has 0 bridgehead atoms. The summed E-state index contributed by atoms with van der Waals surface area (Å²) in [5.74, 6) is 1.41. The van der Waals surface area contributed by atoms with E-state index in [1.54, 1.807) is 64.9 Å². The maximum absolute atomic E-state index is 12.1. The summed E-state index contributed by atoms with van der Waals surface area (Å²) in [5.41, 5.74) is 3.16. The number of hydrogen-bond acceptors (Lipinski definition) is 8. The van der Waals surface area contributed by atoms with E-state index in [-0.39, 0.29) is 13.2 Å². The topological polar surface area (TPSA) is 89.5 Å². The van der Waals surface area contributed by atoms with E-state index >= 15 is 0 Å². The number of carbonyl (C=O) groups is 2. The van der Waals surface area contributed by atoms with Gasteiger partial charge in [-0.15, -0.1) is 0 Å². The summed E-state index contributed by atoms with van der Waals surface area (Å²) in [4.78, 5) is 24.2. The van der Waals surface area contributed by atoms with Crippen molar-refractivity contribution >= 4 is 24.1 Å². The molecular weight excluding hydrogens is 488 g/mol. The molecule has 3 rings (SSSR count). The molecule has 0 saturated heterocycles. The predicted octanol–water partition coefficient (Wildman–Crippen LogP) is 5.23. The van der Waals surface area contributed by atoms with Gasteiger partial charge in [0.05, 0.1) is 28.4 Å². The third kappa shape index (κ3) is 8.16. The zero-order valence-corrected chi connectivity index (χ0v) is 21.8. The largest absolute Gasteiger partial charge is 0.493 e. The number of benzene rings is 3. The molecule has 0 fully saturated rings. The Hall–Kier alpha value is -4.72. The Kier molecular flexibility index (Phi) is 10.4. The van der Waals surface area contributed by atoms with E-state index in [1.807, 2.05) is 36.4 Å². The Morgan fingerprint density at radius 1 is 0.553 bits per heavy atom. The second-order valence-electron chi connectivity index (χ2n) is 7.93. The quantitative estimate of drug-likeness (QED) is 0.238. The van der Waals surface area contributed by atoms with Crippen LogP contribution in [0.1, 0.15) is 22.3 Å². The summed E-state index contributed by atoms with van der Waals surface area (Å²) in [7, 11) is 6.22. The second kappa shape index (κ2) is 14.1. The summed E-state index contributed by atoms with van der Waals surface area (Å²) >= 11 is 0. The monoisotopic (exact) mass is 518 g/mol. The highest BCUT2D eigenvalue weighted by molar-refractivity contribution is 5.87. The molecule has 0 aliphatic rings. The van der Waals surface area contributed by atoms with Crippen molar-refractivity contribution in [3.63, 3.8) is 0 Å². The molecule has 0 unspecified atom stereocenters. The van der Waals surface area contributed by atoms with Crippen LogP contribution in [0.3, 0.4) is 0 Å². The smallest absolute Gasteiger partial charge is 0.331 e. The molecule has 0 aliphatic carbocycles. The lowest BCUT2D eigenvalue weighted by atomic mass is 10.1. The lowest BCUT2D eigenvalue weighted by Gasteiger charge is -2.08. The van der Waals surface area contributed by atoms with E-state index < -0.39 is 11.9 Å². The van der Waals surface area contributed by atoms with Gasteiger partial charge in [-0.05, 0) is 58.7 Å². The van der Waals surface area contributed by atoms with Gasteiger partial charge in [-0.25, -0.2) is 9.59 Å². The Bertz CT molecular complexity index is 1190. The normalized spacial score (nSPS) is 10.8. The van der Waals surface area contributed by atoms with Crippen LogP contribution in [0.2, 0.25) is 0 Å². The van der Waals surface area contributed by atoms with Crippen molar-refractivity contribution in [2.24, 2.45) is 0 Å². The molecular formula is C30H30O8. The van der Waals surface area contributed by atoms with Gasteiger partial charge in [0.25, 0.3) is 0 Å². The molecule has 0 radical (unpaired) electrons. The van der Waals surface area contributed by atoms with E-state index in [1.165, 1.54) is 12.2 Å². The molecule has 0 atom stereocenters. The van der Waals surface area contributed by atoms with Crippen LogP contribution >= 0.6 is 0 Å². The average Bonchev–Trinajstić information content (AvgIpc) is 2.96. The number of hydrogen-bond donors (Lipinski definition) is 0. The van der Waals surface area contributed by atoms with Gasteiger partial charge < -0.3 is 28.4 Å². The molecule has 0 aliphatic heterocycles. The van der Waals surface area contributed by atoms with Crippen molar-refractivity contribution < 1.29 is 38.0 Å². The highest BCUT2D eigenvalue weighted by Gasteiger charge is 2.06. The van der Waals surface area contributed by atoms with Crippen molar-refractivity contribution in [1.82, 2.24) is 0 Å². The Labute approximate surface area is 222 Å². The fourth-order valence-electron chi connectivity index (χ4n) is 3.38. The van der Waals surface area contributed by atoms with Crippen LogP contribution in [0, 0.1) is 0 Å². The van der Waals surface area contributed by atoms with Gasteiger partial charge in [0.15, 0.2) is 23.0 Å². The third-order valence-corrected chi connectivity index (χ3v) is 5.42. The second-order valence-corrected chi connectivity index (χ2v) is 7.93. The molecule has 198 valence electrons. The number of rotatable bonds is 12. The zero-order chi connectivity index (χ0) is 27.3. The van der Waals surface area contributed by atoms with Crippen LogP contribution in [0.5, 0.6) is 23.0 Å². The van der Waals surface area contributed by atoms with E-state index in [4.69, 9.17) is 28.4 Å². The molecule has 8 heteroatoms. The highest BCUT2D eigenvalue weighted by atomic mass is 16.5. The number of carbonyl (C=O) groups excluding carboxylic acids is 2. The number of ether oxygens (including phenoxy) is 6. The van der Waals surface area contributed by atoms with E-state index in [9.17, 15) is 9.59 Å². The first-order valence-corrected chi connectivity index (χ1v) is 11.7. The molecule has 0 aromatic heterocycles. The predicted molar refractivity (Wildman–Crippen MR) is 143 cm³/mol. The van der Waals surface area contributed by atoms with Crippen LogP contribution in [0.25, 0.3) is 12.2 Å². The Balaban J connectivity index is 1.45. The molecule has 0 amide bonds. The highest BCUT2D eigenvalue weighted by Crippen LogP contribution is 2.29. The fraction of sp³-hybridized carbons (Fsp3) is 0.200. The van der Waals surface area contributed by atoms with Gasteiger partial charge in [-0.2, -0.15) is 0 Å². The molecule has 0 spiro atoms. The molecule has 8 nitrogen and oxygen atoms in total. The number of methoxy groups -OCH3 is 4. The van der Waals surface area contributed by atoms with Gasteiger partial charge in [0.1, 0.15) is 13.2 Å². The lowest BCUT2D eigenvalue weighted by molar-refractivity contribution is -0.139. The van der Waals surface area contributed by atoms with E-state index in [0.29, 0.717) is 23.0 Å². The van der Waals surface area contributed by atoms with Gasteiger partial charge in [-0.3, -0.25) is 0 Å². The van der Waals surface area contributed by atoms with Gasteiger partial charge >= 0.3 is 11.9 Å². The lowest BCUT2D eigenvalue weighted by Crippen LogP contribution is -2.02. The third-order valence-electron chi connectivity index (χ3n) is 5.42. The fourth-order valence-corrected chi connectivity index (χ4v) is 3.38. The zero-order valence-electron chi connectivity index (χ0n) is 21.8. The number of esters is 2. The van der Waals surface area contributed by atoms with Crippen LogP contribution in [0.4, 0.5) is 0 Å². The van der Waals surface area contributed by atoms with Crippen LogP contribution in [0.15, 0.2) is 72.8 Å². The first-order valence-electron chi connectivity index (χ1n) is 11.7. The minimum absolute atomic E-state index is 0.114. The summed E-state index contributed by atoms with van der Waals surface area (Å²) in [6.07, 6.45) is 5.98. The summed E-state index contributed by atoms with van der Waals surface area (Å²) in [6.45, 7) is 0.229. The maximum atomic E-state index is 12.1. The molecule has 3 aromatic rings. The van der Waals surface area contributed by atoms with Crippen molar-refractivity contribution in [1.29, 1.82) is 0 Å². The molecule has 0 heterocycles. The van der Waals surface area contributed by atoms with Gasteiger partial charge in [-0.1, -0.05) is 36.4 Å². The maximum Gasteiger partial charge on any atom is 0.331 e. The van der Waals surface area contributed by atoms with Crippen LogP contribution < -0.4 is 18.9 Å². The molecule has 0 saturated carbocycles. The van der Waals surface area contributed by atoms with Gasteiger partial charge in [0, 0.05) is 12.2 Å².